The van der Waals surface area contributed by atoms with E-state index < -0.39 is 17.4 Å². The number of fused-ring (bicyclic) bond motifs is 1. The van der Waals surface area contributed by atoms with Crippen molar-refractivity contribution >= 4 is 18.7 Å². The lowest BCUT2D eigenvalue weighted by molar-refractivity contribution is -0.150. The quantitative estimate of drug-likeness (QED) is 0.867. The highest BCUT2D eigenvalue weighted by atomic mass is 16.4. The number of rotatable bonds is 3. The summed E-state index contributed by atoms with van der Waals surface area (Å²) < 4.78 is 0. The van der Waals surface area contributed by atoms with Crippen LogP contribution in [-0.4, -0.2) is 34.7 Å². The van der Waals surface area contributed by atoms with Crippen molar-refractivity contribution in [1.82, 2.24) is 4.81 Å². The van der Waals surface area contributed by atoms with Crippen molar-refractivity contribution in [2.45, 2.75) is 44.9 Å². The predicted molar refractivity (Wildman–Crippen MR) is 81.1 cm³/mol. The maximum atomic E-state index is 12.9. The molecule has 0 saturated carbocycles. The van der Waals surface area contributed by atoms with E-state index in [0.29, 0.717) is 12.8 Å². The fourth-order valence-electron chi connectivity index (χ4n) is 3.83. The van der Waals surface area contributed by atoms with Gasteiger partial charge in [0.05, 0.1) is 0 Å². The van der Waals surface area contributed by atoms with Gasteiger partial charge in [-0.25, -0.2) is 0 Å². The molecule has 21 heavy (non-hydrogen) atoms. The third-order valence-electron chi connectivity index (χ3n) is 5.00. The first-order chi connectivity index (χ1) is 10.0. The molecule has 2 atom stereocenters. The number of hydrogen-bond donors (Lipinski definition) is 1. The molecule has 0 bridgehead atoms. The summed E-state index contributed by atoms with van der Waals surface area (Å²) in [6.45, 7) is 2.11. The Balaban J connectivity index is 1.84. The molecule has 0 radical (unpaired) electrons. The number of carbonyl (C=O) groups excluding carboxylic acids is 1. The van der Waals surface area contributed by atoms with E-state index in [1.54, 1.807) is 4.81 Å². The number of hydrogen-bond acceptors (Lipinski definition) is 2. The van der Waals surface area contributed by atoms with Gasteiger partial charge in [-0.05, 0) is 24.8 Å². The third-order valence-corrected chi connectivity index (χ3v) is 5.00. The van der Waals surface area contributed by atoms with E-state index in [9.17, 15) is 14.7 Å². The van der Waals surface area contributed by atoms with Gasteiger partial charge < -0.3 is 9.92 Å². The minimum atomic E-state index is -0.866. The van der Waals surface area contributed by atoms with E-state index in [2.05, 4.69) is 0 Å². The number of nitrogens with zero attached hydrogens (tertiary/aromatic N) is 1. The van der Waals surface area contributed by atoms with Crippen LogP contribution in [0.3, 0.4) is 0 Å². The van der Waals surface area contributed by atoms with Crippen LogP contribution in [0.5, 0.6) is 0 Å². The zero-order valence-corrected chi connectivity index (χ0v) is 12.3. The lowest BCUT2D eigenvalue weighted by atomic mass is 9.50. The molecule has 5 heteroatoms. The first-order valence-corrected chi connectivity index (χ1v) is 7.61. The average molecular weight is 285 g/mol. The summed E-state index contributed by atoms with van der Waals surface area (Å²) in [7, 11) is 0. The molecule has 2 heterocycles. The molecule has 2 aliphatic heterocycles. The summed E-state index contributed by atoms with van der Waals surface area (Å²) >= 11 is 0. The van der Waals surface area contributed by atoms with E-state index in [0.717, 1.165) is 24.6 Å². The van der Waals surface area contributed by atoms with Crippen LogP contribution >= 0.6 is 0 Å². The highest BCUT2D eigenvalue weighted by Crippen LogP contribution is 2.41. The highest BCUT2D eigenvalue weighted by molar-refractivity contribution is 6.61. The van der Waals surface area contributed by atoms with Crippen molar-refractivity contribution in [1.29, 1.82) is 0 Å². The second-order valence-corrected chi connectivity index (χ2v) is 6.56. The van der Waals surface area contributed by atoms with Gasteiger partial charge in [-0.2, -0.15) is 0 Å². The van der Waals surface area contributed by atoms with Crippen molar-refractivity contribution in [2.75, 3.05) is 0 Å². The van der Waals surface area contributed by atoms with Crippen LogP contribution in [0.2, 0.25) is 12.6 Å². The Bertz CT molecular complexity index is 562. The molecule has 1 N–H and O–H groups in total. The molecule has 2 fully saturated rings. The Morgan fingerprint density at radius 2 is 2.10 bits per heavy atom. The van der Waals surface area contributed by atoms with Gasteiger partial charge in [0, 0.05) is 5.41 Å². The van der Waals surface area contributed by atoms with Crippen LogP contribution in [0.4, 0.5) is 0 Å². The predicted octanol–water partition coefficient (Wildman–Crippen LogP) is 2.32. The van der Waals surface area contributed by atoms with Gasteiger partial charge in [0.1, 0.15) is 6.04 Å². The minimum absolute atomic E-state index is 0.0208. The molecular formula is C16H20BNO3. The van der Waals surface area contributed by atoms with E-state index >= 15 is 0 Å². The van der Waals surface area contributed by atoms with Gasteiger partial charge in [0.15, 0.2) is 0 Å². The second kappa shape index (κ2) is 5.21. The molecule has 0 aliphatic carbocycles. The Kier molecular flexibility index (Phi) is 3.51. The molecule has 0 aromatic heterocycles. The summed E-state index contributed by atoms with van der Waals surface area (Å²) in [5.41, 5.74) is 0.661. The SMILES string of the molecule is C[C@@]1(Cc2ccccc2)CCB2CC[C@@H](C(=O)O)N2C1=O. The van der Waals surface area contributed by atoms with Crippen molar-refractivity contribution in [3.63, 3.8) is 0 Å². The van der Waals surface area contributed by atoms with Crippen LogP contribution in [0.1, 0.15) is 25.3 Å². The van der Waals surface area contributed by atoms with Crippen LogP contribution < -0.4 is 0 Å². The van der Waals surface area contributed by atoms with Gasteiger partial charge >= 0.3 is 5.97 Å². The second-order valence-electron chi connectivity index (χ2n) is 6.56. The third kappa shape index (κ3) is 2.45. The molecular weight excluding hydrogens is 265 g/mol. The molecule has 0 unspecified atom stereocenters. The van der Waals surface area contributed by atoms with Crippen LogP contribution in [0.15, 0.2) is 30.3 Å². The van der Waals surface area contributed by atoms with Crippen molar-refractivity contribution < 1.29 is 14.7 Å². The largest absolute Gasteiger partial charge is 0.480 e. The molecule has 110 valence electrons. The first-order valence-electron chi connectivity index (χ1n) is 7.61. The summed E-state index contributed by atoms with van der Waals surface area (Å²) in [6, 6.07) is 9.35. The Labute approximate surface area is 125 Å². The molecule has 2 saturated heterocycles. The van der Waals surface area contributed by atoms with Crippen molar-refractivity contribution in [3.8, 4) is 0 Å². The van der Waals surface area contributed by atoms with Crippen LogP contribution in [0, 0.1) is 5.41 Å². The van der Waals surface area contributed by atoms with E-state index in [1.807, 2.05) is 37.3 Å². The topological polar surface area (TPSA) is 57.6 Å². The number of aliphatic carboxylic acids is 1. The van der Waals surface area contributed by atoms with E-state index in [1.165, 1.54) is 0 Å². The molecule has 3 rings (SSSR count). The van der Waals surface area contributed by atoms with Crippen LogP contribution in [-0.2, 0) is 16.0 Å². The van der Waals surface area contributed by atoms with Gasteiger partial charge in [0.2, 0.25) is 5.91 Å². The number of carboxylic acid groups (broad SMARTS) is 1. The summed E-state index contributed by atoms with van der Waals surface area (Å²) in [5, 5.41) is 9.34. The Hall–Kier alpha value is -1.78. The van der Waals surface area contributed by atoms with Crippen LogP contribution in [0.25, 0.3) is 0 Å². The summed E-state index contributed by atoms with van der Waals surface area (Å²) in [6.07, 6.45) is 3.85. The van der Waals surface area contributed by atoms with Gasteiger partial charge in [-0.3, -0.25) is 9.59 Å². The number of amides is 1. The van der Waals surface area contributed by atoms with Crippen molar-refractivity contribution in [2.24, 2.45) is 5.41 Å². The lowest BCUT2D eigenvalue weighted by Gasteiger charge is -2.42. The molecule has 1 aromatic rings. The van der Waals surface area contributed by atoms with Gasteiger partial charge in [-0.15, -0.1) is 0 Å². The minimum Gasteiger partial charge on any atom is -0.480 e. The lowest BCUT2D eigenvalue weighted by Crippen LogP contribution is -2.57. The van der Waals surface area contributed by atoms with Crippen molar-refractivity contribution in [3.05, 3.63) is 35.9 Å². The molecule has 1 aromatic carbocycles. The Morgan fingerprint density at radius 3 is 2.76 bits per heavy atom. The van der Waals surface area contributed by atoms with E-state index in [-0.39, 0.29) is 12.8 Å². The molecule has 0 spiro atoms. The number of carbonyl (C=O) groups is 2. The van der Waals surface area contributed by atoms with E-state index in [4.69, 9.17) is 0 Å². The molecule has 2 aliphatic rings. The molecule has 1 amide bonds. The van der Waals surface area contributed by atoms with Gasteiger partial charge in [0.25, 0.3) is 6.85 Å². The standard InChI is InChI=1S/C16H20BNO3/c1-16(11-12-5-3-2-4-6-12)8-10-17-9-7-13(14(19)20)18(17)15(16)21/h2-6,13H,7-11H2,1H3,(H,19,20)/t13-,16-/m0/s1. The molecule has 4 nitrogen and oxygen atoms in total. The Morgan fingerprint density at radius 1 is 1.38 bits per heavy atom. The maximum Gasteiger partial charge on any atom is 0.325 e. The zero-order valence-electron chi connectivity index (χ0n) is 12.3. The average Bonchev–Trinajstić information content (AvgIpc) is 2.89. The monoisotopic (exact) mass is 285 g/mol. The summed E-state index contributed by atoms with van der Waals surface area (Å²) in [5.74, 6) is -0.845. The summed E-state index contributed by atoms with van der Waals surface area (Å²) in [4.78, 5) is 25.9. The van der Waals surface area contributed by atoms with Gasteiger partial charge in [-0.1, -0.05) is 49.9 Å². The first kappa shape index (κ1) is 14.2. The number of benzene rings is 1. The zero-order chi connectivity index (χ0) is 15.0. The normalized spacial score (nSPS) is 28.6. The fraction of sp³-hybridized carbons (Fsp3) is 0.500. The fourth-order valence-corrected chi connectivity index (χ4v) is 3.83. The number of carboxylic acids is 1. The smallest absolute Gasteiger partial charge is 0.325 e. The maximum absolute atomic E-state index is 12.9. The highest BCUT2D eigenvalue weighted by Gasteiger charge is 2.52.